The summed E-state index contributed by atoms with van der Waals surface area (Å²) >= 11 is 9.22. The van der Waals surface area contributed by atoms with Gasteiger partial charge in [0.2, 0.25) is 0 Å². The average molecular weight is 312 g/mol. The third kappa shape index (κ3) is 2.33. The lowest BCUT2D eigenvalue weighted by Gasteiger charge is -2.07. The molecule has 0 saturated carbocycles. The van der Waals surface area contributed by atoms with Gasteiger partial charge in [0.05, 0.1) is 5.56 Å². The monoisotopic (exact) mass is 310 g/mol. The van der Waals surface area contributed by atoms with Gasteiger partial charge in [-0.05, 0) is 18.2 Å². The summed E-state index contributed by atoms with van der Waals surface area (Å²) in [6.45, 7) is 0. The second kappa shape index (κ2) is 4.85. The summed E-state index contributed by atoms with van der Waals surface area (Å²) in [4.78, 5) is 16.1. The van der Waals surface area contributed by atoms with Crippen molar-refractivity contribution in [1.29, 1.82) is 0 Å². The summed E-state index contributed by atoms with van der Waals surface area (Å²) in [5, 5.41) is 0.116. The van der Waals surface area contributed by atoms with Crippen LogP contribution < -0.4 is 5.73 Å². The molecule has 0 aliphatic rings. The molecule has 5 heteroatoms. The maximum Gasteiger partial charge on any atom is 0.199 e. The Balaban J connectivity index is 2.56. The molecule has 0 saturated heterocycles. The first-order valence-electron chi connectivity index (χ1n) is 4.80. The minimum atomic E-state index is -0.243. The maximum atomic E-state index is 12.3. The highest BCUT2D eigenvalue weighted by molar-refractivity contribution is 9.10. The predicted molar refractivity (Wildman–Crippen MR) is 71.2 cm³/mol. The van der Waals surface area contributed by atoms with Crippen LogP contribution in [0.25, 0.3) is 0 Å². The van der Waals surface area contributed by atoms with E-state index < -0.39 is 0 Å². The Morgan fingerprint density at radius 2 is 2.00 bits per heavy atom. The van der Waals surface area contributed by atoms with Crippen LogP contribution >= 0.6 is 27.5 Å². The molecule has 1 aromatic carbocycles. The van der Waals surface area contributed by atoms with Crippen molar-refractivity contribution in [2.24, 2.45) is 0 Å². The highest BCUT2D eigenvalue weighted by atomic mass is 79.9. The Hall–Kier alpha value is -1.39. The molecule has 86 valence electrons. The van der Waals surface area contributed by atoms with Gasteiger partial charge in [-0.15, -0.1) is 0 Å². The van der Waals surface area contributed by atoms with Crippen molar-refractivity contribution in [1.82, 2.24) is 4.98 Å². The fourth-order valence-electron chi connectivity index (χ4n) is 1.45. The van der Waals surface area contributed by atoms with Crippen molar-refractivity contribution < 1.29 is 4.79 Å². The fraction of sp³-hybridized carbons (Fsp3) is 0. The van der Waals surface area contributed by atoms with Crippen LogP contribution in [0, 0.1) is 0 Å². The topological polar surface area (TPSA) is 56.0 Å². The zero-order valence-electron chi connectivity index (χ0n) is 8.65. The zero-order chi connectivity index (χ0) is 12.4. The predicted octanol–water partition coefficient (Wildman–Crippen LogP) is 3.31. The SMILES string of the molecule is Nc1ccnc(Cl)c1C(=O)c1ccccc1Br. The third-order valence-corrected chi connectivity index (χ3v) is 3.26. The molecular weight excluding hydrogens is 304 g/mol. The van der Waals surface area contributed by atoms with Crippen molar-refractivity contribution in [2.75, 3.05) is 5.73 Å². The molecule has 2 N–H and O–H groups in total. The van der Waals surface area contributed by atoms with E-state index in [0.29, 0.717) is 15.7 Å². The van der Waals surface area contributed by atoms with Crippen molar-refractivity contribution in [3.63, 3.8) is 0 Å². The third-order valence-electron chi connectivity index (χ3n) is 2.28. The molecule has 0 fully saturated rings. The zero-order valence-corrected chi connectivity index (χ0v) is 11.0. The number of nitrogens with two attached hydrogens (primary N) is 1. The molecule has 0 unspecified atom stereocenters. The molecule has 0 aliphatic carbocycles. The Labute approximate surface area is 112 Å². The number of anilines is 1. The molecule has 17 heavy (non-hydrogen) atoms. The van der Waals surface area contributed by atoms with Gasteiger partial charge in [0.1, 0.15) is 5.15 Å². The van der Waals surface area contributed by atoms with Crippen LogP contribution in [0.5, 0.6) is 0 Å². The van der Waals surface area contributed by atoms with Gasteiger partial charge in [0, 0.05) is 21.9 Å². The van der Waals surface area contributed by atoms with Gasteiger partial charge in [-0.2, -0.15) is 0 Å². The molecule has 0 radical (unpaired) electrons. The number of carbonyl (C=O) groups is 1. The summed E-state index contributed by atoms with van der Waals surface area (Å²) in [7, 11) is 0. The number of halogens is 2. The summed E-state index contributed by atoms with van der Waals surface area (Å²) < 4.78 is 0.698. The van der Waals surface area contributed by atoms with E-state index in [1.165, 1.54) is 6.20 Å². The van der Waals surface area contributed by atoms with Gasteiger partial charge in [-0.25, -0.2) is 4.98 Å². The molecule has 0 aliphatic heterocycles. The summed E-state index contributed by atoms with van der Waals surface area (Å²) in [5.74, 6) is -0.243. The molecule has 3 nitrogen and oxygen atoms in total. The first kappa shape index (κ1) is 12.1. The molecule has 2 rings (SSSR count). The molecule has 0 atom stereocenters. The first-order chi connectivity index (χ1) is 8.11. The van der Waals surface area contributed by atoms with Gasteiger partial charge in [0.25, 0.3) is 0 Å². The number of hydrogen-bond acceptors (Lipinski definition) is 3. The van der Waals surface area contributed by atoms with Gasteiger partial charge in [-0.1, -0.05) is 39.7 Å². The highest BCUT2D eigenvalue weighted by Crippen LogP contribution is 2.26. The fourth-order valence-corrected chi connectivity index (χ4v) is 2.17. The highest BCUT2D eigenvalue weighted by Gasteiger charge is 2.18. The lowest BCUT2D eigenvalue weighted by atomic mass is 10.0. The van der Waals surface area contributed by atoms with Crippen LogP contribution in [-0.4, -0.2) is 10.8 Å². The van der Waals surface area contributed by atoms with Crippen molar-refractivity contribution in [2.45, 2.75) is 0 Å². The van der Waals surface area contributed by atoms with E-state index in [1.54, 1.807) is 24.3 Å². The molecule has 0 bridgehead atoms. The van der Waals surface area contributed by atoms with Crippen LogP contribution in [0.3, 0.4) is 0 Å². The molecule has 2 aromatic rings. The number of nitrogen functional groups attached to an aromatic ring is 1. The van der Waals surface area contributed by atoms with Crippen molar-refractivity contribution >= 4 is 39.0 Å². The van der Waals surface area contributed by atoms with E-state index in [1.807, 2.05) is 6.07 Å². The second-order valence-electron chi connectivity index (χ2n) is 3.37. The van der Waals surface area contributed by atoms with Crippen LogP contribution in [-0.2, 0) is 0 Å². The van der Waals surface area contributed by atoms with Crippen molar-refractivity contribution in [3.8, 4) is 0 Å². The van der Waals surface area contributed by atoms with E-state index in [-0.39, 0.29) is 16.5 Å². The first-order valence-corrected chi connectivity index (χ1v) is 5.97. The number of benzene rings is 1. The number of pyridine rings is 1. The summed E-state index contributed by atoms with van der Waals surface area (Å²) in [6, 6.07) is 8.65. The van der Waals surface area contributed by atoms with E-state index in [2.05, 4.69) is 20.9 Å². The van der Waals surface area contributed by atoms with Gasteiger partial charge in [-0.3, -0.25) is 4.79 Å². The van der Waals surface area contributed by atoms with Gasteiger partial charge < -0.3 is 5.73 Å². The normalized spacial score (nSPS) is 10.2. The molecular formula is C12H8BrClN2O. The second-order valence-corrected chi connectivity index (χ2v) is 4.59. The van der Waals surface area contributed by atoms with E-state index >= 15 is 0 Å². The average Bonchev–Trinajstić information content (AvgIpc) is 2.29. The number of aromatic nitrogens is 1. The van der Waals surface area contributed by atoms with Gasteiger partial charge in [0.15, 0.2) is 5.78 Å². The van der Waals surface area contributed by atoms with E-state index in [0.717, 1.165) is 0 Å². The molecule has 1 heterocycles. The van der Waals surface area contributed by atoms with Crippen LogP contribution in [0.15, 0.2) is 41.0 Å². The van der Waals surface area contributed by atoms with Crippen LogP contribution in [0.4, 0.5) is 5.69 Å². The molecule has 0 amide bonds. The molecule has 1 aromatic heterocycles. The minimum Gasteiger partial charge on any atom is -0.398 e. The van der Waals surface area contributed by atoms with E-state index in [9.17, 15) is 4.79 Å². The Morgan fingerprint density at radius 3 is 2.65 bits per heavy atom. The van der Waals surface area contributed by atoms with Gasteiger partial charge >= 0.3 is 0 Å². The Kier molecular flexibility index (Phi) is 3.45. The number of carbonyl (C=O) groups excluding carboxylic acids is 1. The lowest BCUT2D eigenvalue weighted by Crippen LogP contribution is -2.07. The summed E-state index contributed by atoms with van der Waals surface area (Å²) in [6.07, 6.45) is 1.47. The number of rotatable bonds is 2. The minimum absolute atomic E-state index is 0.116. The number of nitrogens with zero attached hydrogens (tertiary/aromatic N) is 1. The standard InChI is InChI=1S/C12H8BrClN2O/c13-8-4-2-1-3-7(8)11(17)10-9(15)5-6-16-12(10)14/h1-6H,(H2,15,16). The Bertz CT molecular complexity index is 566. The van der Waals surface area contributed by atoms with Crippen LogP contribution in [0.1, 0.15) is 15.9 Å². The number of ketones is 1. The smallest absolute Gasteiger partial charge is 0.199 e. The number of hydrogen-bond donors (Lipinski definition) is 1. The quantitative estimate of drug-likeness (QED) is 0.684. The maximum absolute atomic E-state index is 12.3. The van der Waals surface area contributed by atoms with Crippen molar-refractivity contribution in [3.05, 3.63) is 57.3 Å². The Morgan fingerprint density at radius 1 is 1.29 bits per heavy atom. The van der Waals surface area contributed by atoms with E-state index in [4.69, 9.17) is 17.3 Å². The summed E-state index contributed by atoms with van der Waals surface area (Å²) in [5.41, 5.74) is 6.82. The van der Waals surface area contributed by atoms with Crippen LogP contribution in [0.2, 0.25) is 5.15 Å². The largest absolute Gasteiger partial charge is 0.398 e. The lowest BCUT2D eigenvalue weighted by molar-refractivity contribution is 0.103. The molecule has 0 spiro atoms.